The van der Waals surface area contributed by atoms with E-state index in [4.69, 9.17) is 5.73 Å². The van der Waals surface area contributed by atoms with Crippen LogP contribution in [0.4, 0.5) is 70.2 Å². The molecule has 15 heterocycles. The van der Waals surface area contributed by atoms with Gasteiger partial charge in [-0.2, -0.15) is 65.9 Å². The Morgan fingerprint density at radius 1 is 0.307 bits per heavy atom. The normalized spacial score (nSPS) is 15.2. The summed E-state index contributed by atoms with van der Waals surface area (Å²) in [5, 5.41) is 42.0. The van der Waals surface area contributed by atoms with Gasteiger partial charge in [0.15, 0.2) is 28.2 Å². The molecule has 29 nitrogen and oxygen atoms in total. The number of alkyl halides is 15. The van der Waals surface area contributed by atoms with Crippen molar-refractivity contribution in [2.45, 2.75) is 169 Å². The summed E-state index contributed by atoms with van der Waals surface area (Å²) in [5.74, 6) is -3.75. The highest BCUT2D eigenvalue weighted by molar-refractivity contribution is 9.10. The summed E-state index contributed by atoms with van der Waals surface area (Å²) < 4.78 is 221. The van der Waals surface area contributed by atoms with Gasteiger partial charge in [-0.3, -0.25) is 55.6 Å². The fourth-order valence-electron chi connectivity index (χ4n) is 18.9. The van der Waals surface area contributed by atoms with Crippen LogP contribution in [-0.4, -0.2) is 211 Å². The first-order valence-corrected chi connectivity index (χ1v) is 46.7. The largest absolute Gasteiger partial charge is 0.416 e. The molecule has 796 valence electrons. The Labute approximate surface area is 859 Å². The Hall–Kier alpha value is -15.2. The number of amides is 7. The Kier molecular flexibility index (Phi) is 36.8. The molecule has 5 aliphatic heterocycles. The van der Waals surface area contributed by atoms with Gasteiger partial charge in [0, 0.05) is 119 Å². The minimum absolute atomic E-state index is 0. The number of fused-ring (bicyclic) bond motifs is 5. The minimum atomic E-state index is -4.41. The number of nitrogens with one attached hydrogen (secondary N) is 1. The lowest BCUT2D eigenvalue weighted by Crippen LogP contribution is -2.39. The van der Waals surface area contributed by atoms with E-state index >= 15 is 0 Å². The van der Waals surface area contributed by atoms with Gasteiger partial charge < -0.3 is 35.6 Å². The SMILES string of the molecule is C.C.C.C.C.CNC(=O)c1ccn2c(C(=O)N3CCC(c4ccccc4C(F)(F)F)CC3)nnc2c1.Cc1ccn2c(C(=O)N3CCC(c4ccccc4C(F)(F)F)CC3)nnc2c1.NC(=O)c1ccn2c(C(=O)N3CCC(c4ccccc4C(F)(F)F)CC3)nnc2c1.O=C(c1nnc2ccc(Br)cn12)N1CCC(c2ccccc2C(F)(F)F)CC1.O=C(c1nnc2ccc(F)cn12)N1CCC(c2ccccc2C(F)(F)F)CC1. The van der Waals surface area contributed by atoms with Crippen LogP contribution in [0.3, 0.4) is 0 Å². The number of nitrogens with zero attached hydrogens (tertiary/aromatic N) is 20. The van der Waals surface area contributed by atoms with Crippen molar-refractivity contribution in [1.82, 2.24) is 103 Å². The highest BCUT2D eigenvalue weighted by atomic mass is 79.9. The maximum atomic E-state index is 13.5. The molecule has 10 aromatic heterocycles. The van der Waals surface area contributed by atoms with Crippen molar-refractivity contribution in [2.24, 2.45) is 5.73 Å². The highest BCUT2D eigenvalue weighted by Crippen LogP contribution is 2.46. The van der Waals surface area contributed by atoms with Gasteiger partial charge in [0.1, 0.15) is 5.82 Å². The summed E-state index contributed by atoms with van der Waals surface area (Å²) >= 11 is 3.36. The van der Waals surface area contributed by atoms with Crippen molar-refractivity contribution in [2.75, 3.05) is 72.5 Å². The van der Waals surface area contributed by atoms with Crippen LogP contribution >= 0.6 is 15.9 Å². The van der Waals surface area contributed by atoms with Crippen LogP contribution in [0, 0.1) is 12.7 Å². The van der Waals surface area contributed by atoms with E-state index in [2.05, 4.69) is 72.2 Å². The molecule has 0 atom stereocenters. The number of rotatable bonds is 12. The van der Waals surface area contributed by atoms with Crippen LogP contribution in [0.2, 0.25) is 0 Å². The molecule has 0 aliphatic carbocycles. The van der Waals surface area contributed by atoms with Gasteiger partial charge in [0.25, 0.3) is 35.4 Å². The second-order valence-electron chi connectivity index (χ2n) is 35.2. The van der Waals surface area contributed by atoms with Crippen LogP contribution in [-0.2, 0) is 30.9 Å². The van der Waals surface area contributed by atoms with E-state index in [1.807, 2.05) is 25.1 Å². The molecular formula is C104H109BrF16N22O7. The average Bonchev–Trinajstić information content (AvgIpc) is 1.21. The van der Waals surface area contributed by atoms with Gasteiger partial charge in [-0.25, -0.2) is 4.39 Å². The summed E-state index contributed by atoms with van der Waals surface area (Å²) in [6.07, 6.45) is -9.91. The minimum Gasteiger partial charge on any atom is -0.366 e. The number of hydrogen-bond acceptors (Lipinski definition) is 17. The number of carbonyl (C=O) groups is 7. The fraction of sp³-hybridized carbons (Fsp3) is 0.356. The number of piperidine rings is 5. The lowest BCUT2D eigenvalue weighted by molar-refractivity contribution is -0.139. The summed E-state index contributed by atoms with van der Waals surface area (Å²) in [6.45, 7) is 5.29. The molecule has 15 aromatic rings. The van der Waals surface area contributed by atoms with Crippen molar-refractivity contribution in [1.29, 1.82) is 0 Å². The number of primary amides is 1. The van der Waals surface area contributed by atoms with Crippen LogP contribution < -0.4 is 11.1 Å². The third-order valence-corrected chi connectivity index (χ3v) is 26.8. The first kappa shape index (κ1) is 115. The van der Waals surface area contributed by atoms with Gasteiger partial charge in [-0.1, -0.05) is 128 Å². The topological polar surface area (TPSA) is 325 Å². The number of nitrogens with two attached hydrogens (primary N) is 1. The number of halogens is 17. The van der Waals surface area contributed by atoms with E-state index in [0.29, 0.717) is 175 Å². The second kappa shape index (κ2) is 48.0. The molecule has 20 rings (SSSR count). The molecule has 46 heteroatoms. The van der Waals surface area contributed by atoms with Crippen LogP contribution in [0.5, 0.6) is 0 Å². The molecule has 0 saturated carbocycles. The van der Waals surface area contributed by atoms with Crippen molar-refractivity contribution in [3.8, 4) is 0 Å². The second-order valence-corrected chi connectivity index (χ2v) is 36.1. The molecule has 150 heavy (non-hydrogen) atoms. The third-order valence-electron chi connectivity index (χ3n) is 26.3. The van der Waals surface area contributed by atoms with Crippen molar-refractivity contribution >= 4 is 85.5 Å². The molecule has 5 aromatic carbocycles. The smallest absolute Gasteiger partial charge is 0.366 e. The van der Waals surface area contributed by atoms with Gasteiger partial charge >= 0.3 is 30.9 Å². The zero-order chi connectivity index (χ0) is 103. The predicted molar refractivity (Wildman–Crippen MR) is 530 cm³/mol. The fourth-order valence-corrected chi connectivity index (χ4v) is 19.2. The molecule has 7 amide bonds. The van der Waals surface area contributed by atoms with E-state index in [9.17, 15) is 104 Å². The molecule has 0 spiro atoms. The summed E-state index contributed by atoms with van der Waals surface area (Å²) in [6, 6.07) is 44.0. The van der Waals surface area contributed by atoms with E-state index in [1.165, 1.54) is 116 Å². The van der Waals surface area contributed by atoms with Gasteiger partial charge in [-0.15, -0.1) is 51.0 Å². The van der Waals surface area contributed by atoms with Crippen molar-refractivity contribution in [3.05, 3.63) is 325 Å². The first-order chi connectivity index (χ1) is 69.1. The van der Waals surface area contributed by atoms with Gasteiger partial charge in [-0.05, 0) is 241 Å². The third kappa shape index (κ3) is 25.7. The average molecular weight is 2160 g/mol. The number of aromatic nitrogens is 15. The zero-order valence-electron chi connectivity index (χ0n) is 77.0. The standard InChI is InChI=1S/C21H20F3N5O2.C20H18F3N5O2.C20H19F3N4O.C19H16BrF3N4O.C19H16F4N4O.5CH4/c1-25-19(30)14-8-11-29-17(12-14)26-27-18(29)20(31)28-9-6-13(7-10-28)15-4-2-3-5-16(15)21(22,23)24;21-20(22,23)15-4-2-1-3-14(15)12-5-8-27(9-6-12)19(30)18-26-25-16-11-13(17(24)29)7-10-28(16)18;1-13-6-11-27-17(12-13)24-25-18(27)19(28)26-9-7-14(8-10-26)15-4-2-3-5-16(15)20(21,22)23;2*20-13-5-6-16-24-25-17(27(16)11-13)18(28)26-9-7-12(8-10-26)14-3-1-2-4-15(14)19(21,22)23;;;;;/h2-5,8,11-13H,6-7,9-10H2,1H3,(H,25,30);1-4,7,10-12H,5-6,8-9H2,(H2,24,29);2-6,11-12,14H,7-10H2,1H3;2*1-6,11-12H,7-10H2;5*1H4. The number of benzene rings is 5. The molecule has 0 unspecified atom stereocenters. The number of pyridine rings is 5. The maximum Gasteiger partial charge on any atom is 0.416 e. The first-order valence-electron chi connectivity index (χ1n) is 45.9. The lowest BCUT2D eigenvalue weighted by Gasteiger charge is -2.32. The van der Waals surface area contributed by atoms with E-state index in [0.717, 1.165) is 46.6 Å². The Bertz CT molecular complexity index is 7140. The molecule has 5 aliphatic rings. The zero-order valence-corrected chi connectivity index (χ0v) is 78.6. The van der Waals surface area contributed by atoms with Crippen LogP contribution in [0.25, 0.3) is 28.2 Å². The van der Waals surface area contributed by atoms with Crippen LogP contribution in [0.15, 0.2) is 217 Å². The number of likely N-dealkylation sites (tertiary alicyclic amines) is 5. The predicted octanol–water partition coefficient (Wildman–Crippen LogP) is 21.7. The quantitative estimate of drug-likeness (QED) is 0.107. The summed E-state index contributed by atoms with van der Waals surface area (Å²) in [5.41, 5.74) is 7.45. The van der Waals surface area contributed by atoms with E-state index in [1.54, 1.807) is 95.5 Å². The van der Waals surface area contributed by atoms with Gasteiger partial charge in [0.05, 0.1) is 27.8 Å². The Balaban J connectivity index is 0.000000176. The number of hydrogen-bond donors (Lipinski definition) is 2. The maximum absolute atomic E-state index is 13.5. The van der Waals surface area contributed by atoms with Gasteiger partial charge in [0.2, 0.25) is 35.0 Å². The van der Waals surface area contributed by atoms with E-state index < -0.39 is 76.3 Å². The molecule has 3 N–H and O–H groups in total. The molecule has 0 bridgehead atoms. The van der Waals surface area contributed by atoms with Crippen LogP contribution in [0.1, 0.15) is 266 Å². The highest BCUT2D eigenvalue weighted by Gasteiger charge is 2.44. The van der Waals surface area contributed by atoms with Crippen molar-refractivity contribution in [3.63, 3.8) is 0 Å². The molecular weight excluding hydrogens is 2050 g/mol. The Morgan fingerprint density at radius 2 is 0.547 bits per heavy atom. The lowest BCUT2D eigenvalue weighted by atomic mass is 9.86. The Morgan fingerprint density at radius 3 is 0.827 bits per heavy atom. The molecule has 0 radical (unpaired) electrons. The number of aryl methyl sites for hydroxylation is 1. The molecule has 5 saturated heterocycles. The summed E-state index contributed by atoms with van der Waals surface area (Å²) in [4.78, 5) is 95.3. The number of carbonyl (C=O) groups excluding carboxylic acids is 7. The van der Waals surface area contributed by atoms with E-state index in [-0.39, 0.29) is 148 Å². The monoisotopic (exact) mass is 2160 g/mol. The van der Waals surface area contributed by atoms with Crippen molar-refractivity contribution < 1.29 is 104 Å². The summed E-state index contributed by atoms with van der Waals surface area (Å²) in [7, 11) is 1.52. The molecule has 5 fully saturated rings.